The monoisotopic (exact) mass is 583 g/mol. The molecule has 0 aliphatic heterocycles. The van der Waals surface area contributed by atoms with Crippen molar-refractivity contribution in [1.82, 2.24) is 5.48 Å². The number of allylic oxidation sites excluding steroid dienone is 1. The van der Waals surface area contributed by atoms with Crippen molar-refractivity contribution in [3.8, 4) is 24.0 Å². The Morgan fingerprint density at radius 1 is 1.22 bits per heavy atom. The van der Waals surface area contributed by atoms with Gasteiger partial charge in [0.2, 0.25) is 5.88 Å². The first kappa shape index (κ1) is 32.3. The molecule has 0 heterocycles. The van der Waals surface area contributed by atoms with E-state index in [4.69, 9.17) is 60.3 Å². The Labute approximate surface area is 229 Å². The maximum Gasteiger partial charge on any atom is 0.393 e. The Kier molecular flexibility index (Phi) is 15.4. The van der Waals surface area contributed by atoms with Gasteiger partial charge in [0.05, 0.1) is 30.7 Å². The smallest absolute Gasteiger partial charge is 0.393 e. The lowest BCUT2D eigenvalue weighted by Gasteiger charge is -2.15. The first-order valence-electron chi connectivity index (χ1n) is 10.9. The van der Waals surface area contributed by atoms with Gasteiger partial charge in [0.25, 0.3) is 5.90 Å². The Hall–Kier alpha value is -2.74. The summed E-state index contributed by atoms with van der Waals surface area (Å²) in [7, 11) is 1.44. The van der Waals surface area contributed by atoms with Crippen LogP contribution < -0.4 is 15.0 Å². The Bertz CT molecular complexity index is 1020. The number of nitrogens with zero attached hydrogens (tertiary/aromatic N) is 2. The number of nitrogens with one attached hydrogen (secondary N) is 1. The van der Waals surface area contributed by atoms with E-state index >= 15 is 0 Å². The molecular formula is C24H27Cl3F3N3O4. The molecule has 204 valence electrons. The molecule has 0 aliphatic carbocycles. The summed E-state index contributed by atoms with van der Waals surface area (Å²) >= 11 is 17.5. The van der Waals surface area contributed by atoms with E-state index in [0.717, 1.165) is 12.6 Å². The van der Waals surface area contributed by atoms with Gasteiger partial charge in [-0.15, -0.1) is 0 Å². The highest BCUT2D eigenvalue weighted by Gasteiger charge is 2.25. The van der Waals surface area contributed by atoms with E-state index in [-0.39, 0.29) is 27.9 Å². The number of hydrogen-bond donors (Lipinski definition) is 1. The maximum absolute atomic E-state index is 12.2. The molecule has 0 unspecified atom stereocenters. The first-order valence-corrected chi connectivity index (χ1v) is 12.1. The molecule has 1 N–H and O–H groups in total. The minimum atomic E-state index is -4.30. The quantitative estimate of drug-likeness (QED) is 0.0458. The summed E-state index contributed by atoms with van der Waals surface area (Å²) in [5.74, 6) is 0.946. The molecule has 0 bridgehead atoms. The number of unbranched alkanes of at least 4 members (excludes halogenated alkanes) is 2. The second-order valence-corrected chi connectivity index (χ2v) is 8.41. The van der Waals surface area contributed by atoms with E-state index in [9.17, 15) is 13.2 Å². The topological polar surface area (TPSA) is 73.7 Å². The van der Waals surface area contributed by atoms with Crippen molar-refractivity contribution in [3.05, 3.63) is 45.2 Å². The number of methoxy groups -OCH3 is 1. The van der Waals surface area contributed by atoms with Crippen LogP contribution in [0.1, 0.15) is 38.2 Å². The Morgan fingerprint density at radius 3 is 2.59 bits per heavy atom. The van der Waals surface area contributed by atoms with Crippen LogP contribution in [0.2, 0.25) is 5.02 Å². The molecule has 0 spiro atoms. The lowest BCUT2D eigenvalue weighted by molar-refractivity contribution is -0.120. The van der Waals surface area contributed by atoms with Crippen molar-refractivity contribution in [2.24, 2.45) is 9.98 Å². The summed E-state index contributed by atoms with van der Waals surface area (Å²) in [4.78, 5) is 13.5. The molecule has 0 atom stereocenters. The average Bonchev–Trinajstić information content (AvgIpc) is 2.82. The van der Waals surface area contributed by atoms with Gasteiger partial charge in [-0.25, -0.2) is 9.98 Å². The fourth-order valence-corrected chi connectivity index (χ4v) is 3.06. The number of alkyl halides is 3. The number of benzene rings is 1. The van der Waals surface area contributed by atoms with Gasteiger partial charge in [-0.3, -0.25) is 0 Å². The van der Waals surface area contributed by atoms with Crippen LogP contribution in [0.3, 0.4) is 0 Å². The highest BCUT2D eigenvalue weighted by atomic mass is 35.5. The molecule has 0 saturated heterocycles. The molecule has 0 amide bonds. The fraction of sp³-hybridized carbons (Fsp3) is 0.417. The van der Waals surface area contributed by atoms with Crippen molar-refractivity contribution in [2.75, 3.05) is 26.9 Å². The molecule has 1 aromatic rings. The van der Waals surface area contributed by atoms with Crippen LogP contribution in [-0.2, 0) is 9.57 Å². The highest BCUT2D eigenvalue weighted by molar-refractivity contribution is 6.55. The van der Waals surface area contributed by atoms with Gasteiger partial charge in [-0.2, -0.15) is 18.7 Å². The molecule has 13 heteroatoms. The number of halogens is 6. The Balaban J connectivity index is 2.76. The van der Waals surface area contributed by atoms with E-state index < -0.39 is 12.6 Å². The van der Waals surface area contributed by atoms with Crippen molar-refractivity contribution in [2.45, 2.75) is 38.8 Å². The zero-order valence-electron chi connectivity index (χ0n) is 20.2. The van der Waals surface area contributed by atoms with E-state index in [0.29, 0.717) is 43.1 Å². The molecule has 37 heavy (non-hydrogen) atoms. The van der Waals surface area contributed by atoms with Crippen LogP contribution in [0.25, 0.3) is 0 Å². The van der Waals surface area contributed by atoms with Crippen LogP contribution in [-0.4, -0.2) is 45.2 Å². The van der Waals surface area contributed by atoms with Gasteiger partial charge in [0.15, 0.2) is 0 Å². The summed E-state index contributed by atoms with van der Waals surface area (Å²) in [5, 5.41) is 0.253. The van der Waals surface area contributed by atoms with Gasteiger partial charge in [-0.05, 0) is 44.4 Å². The molecule has 0 aromatic heterocycles. The maximum atomic E-state index is 12.2. The number of hydroxylamine groups is 1. The lowest BCUT2D eigenvalue weighted by Crippen LogP contribution is -2.18. The fourth-order valence-electron chi connectivity index (χ4n) is 2.65. The molecule has 0 radical (unpaired) electrons. The van der Waals surface area contributed by atoms with Crippen LogP contribution in [0, 0.1) is 12.5 Å². The molecule has 1 rings (SSSR count). The van der Waals surface area contributed by atoms with Gasteiger partial charge >= 0.3 is 6.18 Å². The third kappa shape index (κ3) is 14.0. The first-order chi connectivity index (χ1) is 17.6. The normalized spacial score (nSPS) is 12.2. The molecule has 0 aliphatic rings. The standard InChI is InChI=1S/C24H27Cl3F3N3O4/c1-4-21(31-12-10-24(28,29)30)36-13-8-6-7-11-32-23(37-33-5-2)18-15-17(35-14-9-20(26)27)16-19(25)22(18)34-3/h2,4,9,12,15-16,33H,6-8,10-11,13-14H2,1,3H3/b21-4+,31-12-,32-23?. The third-order valence-corrected chi connectivity index (χ3v) is 4.83. The number of terminal acetylenes is 1. The molecule has 1 aromatic carbocycles. The van der Waals surface area contributed by atoms with Crippen molar-refractivity contribution >= 4 is 46.9 Å². The minimum Gasteiger partial charge on any atom is -0.494 e. The second kappa shape index (κ2) is 17.7. The van der Waals surface area contributed by atoms with Crippen molar-refractivity contribution in [1.29, 1.82) is 0 Å². The zero-order valence-corrected chi connectivity index (χ0v) is 22.5. The van der Waals surface area contributed by atoms with Crippen molar-refractivity contribution in [3.63, 3.8) is 0 Å². The van der Waals surface area contributed by atoms with Crippen LogP contribution >= 0.6 is 34.8 Å². The summed E-state index contributed by atoms with van der Waals surface area (Å²) in [6, 6.07) is 5.32. The third-order valence-electron chi connectivity index (χ3n) is 4.24. The molecule has 0 fully saturated rings. The van der Waals surface area contributed by atoms with E-state index in [1.165, 1.54) is 19.3 Å². The average molecular weight is 585 g/mol. The predicted molar refractivity (Wildman–Crippen MR) is 140 cm³/mol. The summed E-state index contributed by atoms with van der Waals surface area (Å²) in [6.45, 7) is 2.38. The molecule has 0 saturated carbocycles. The predicted octanol–water partition coefficient (Wildman–Crippen LogP) is 6.98. The highest BCUT2D eigenvalue weighted by Crippen LogP contribution is 2.34. The Morgan fingerprint density at radius 2 is 1.97 bits per heavy atom. The summed E-state index contributed by atoms with van der Waals surface area (Å²) in [6.07, 6.45) is 5.56. The van der Waals surface area contributed by atoms with Gasteiger partial charge in [0, 0.05) is 24.9 Å². The van der Waals surface area contributed by atoms with Crippen LogP contribution in [0.5, 0.6) is 11.5 Å². The van der Waals surface area contributed by atoms with Gasteiger partial charge in [0.1, 0.15) is 22.6 Å². The SMILES string of the molecule is C#CNOC(=NCCCCCOC(=C/C)/N=C\CC(F)(F)F)c1cc(OCC=C(Cl)Cl)cc(Cl)c1OC. The zero-order chi connectivity index (χ0) is 27.7. The number of rotatable bonds is 15. The van der Waals surface area contributed by atoms with E-state index in [1.807, 2.05) is 0 Å². The number of aliphatic imine (C=N–C) groups is 2. The summed E-state index contributed by atoms with van der Waals surface area (Å²) < 4.78 is 53.1. The van der Waals surface area contributed by atoms with Crippen molar-refractivity contribution < 1.29 is 32.2 Å². The van der Waals surface area contributed by atoms with Gasteiger partial charge < -0.3 is 19.0 Å². The van der Waals surface area contributed by atoms with E-state index in [2.05, 4.69) is 21.5 Å². The van der Waals surface area contributed by atoms with E-state index in [1.54, 1.807) is 19.1 Å². The molecular weight excluding hydrogens is 558 g/mol. The lowest BCUT2D eigenvalue weighted by atomic mass is 10.1. The minimum absolute atomic E-state index is 0.0603. The van der Waals surface area contributed by atoms with Crippen LogP contribution in [0.15, 0.2) is 44.6 Å². The second-order valence-electron chi connectivity index (χ2n) is 6.99. The number of hydrogen-bond acceptors (Lipinski definition) is 7. The van der Waals surface area contributed by atoms with Gasteiger partial charge in [-0.1, -0.05) is 41.2 Å². The number of ether oxygens (including phenoxy) is 3. The molecule has 7 nitrogen and oxygen atoms in total. The largest absolute Gasteiger partial charge is 0.494 e. The van der Waals surface area contributed by atoms with Crippen LogP contribution in [0.4, 0.5) is 13.2 Å². The summed E-state index contributed by atoms with van der Waals surface area (Å²) in [5.41, 5.74) is 2.70.